The van der Waals surface area contributed by atoms with Crippen molar-refractivity contribution in [1.29, 1.82) is 0 Å². The van der Waals surface area contributed by atoms with Gasteiger partial charge in [0.15, 0.2) is 6.61 Å². The van der Waals surface area contributed by atoms with Crippen molar-refractivity contribution < 1.29 is 19.1 Å². The summed E-state index contributed by atoms with van der Waals surface area (Å²) in [5, 5.41) is 5.48. The lowest BCUT2D eigenvalue weighted by Gasteiger charge is -2.09. The summed E-state index contributed by atoms with van der Waals surface area (Å²) in [6.45, 7) is 2.89. The number of aryl methyl sites for hydroxylation is 1. The Hall–Kier alpha value is -2.86. The van der Waals surface area contributed by atoms with E-state index in [0.29, 0.717) is 30.2 Å². The summed E-state index contributed by atoms with van der Waals surface area (Å²) in [4.78, 5) is 23.9. The van der Waals surface area contributed by atoms with E-state index < -0.39 is 0 Å². The molecule has 0 aromatic heterocycles. The third-order valence-electron chi connectivity index (χ3n) is 3.70. The van der Waals surface area contributed by atoms with Crippen LogP contribution in [0.4, 0.5) is 5.69 Å². The van der Waals surface area contributed by atoms with Crippen LogP contribution in [0, 0.1) is 0 Å². The lowest BCUT2D eigenvalue weighted by Crippen LogP contribution is -2.26. The standard InChI is InChI=1S/C20H24N2O4/c1-3-15-5-4-6-18(13-15)26-14-19(23)22-17-9-7-16(8-10-17)20(24)21-11-12-25-2/h4-10,13H,3,11-12,14H2,1-2H3,(H,21,24)(H,22,23). The molecule has 0 aliphatic rings. The highest BCUT2D eigenvalue weighted by Gasteiger charge is 2.07. The molecule has 0 saturated carbocycles. The zero-order valence-corrected chi connectivity index (χ0v) is 15.1. The number of rotatable bonds is 9. The maximum atomic E-state index is 12.0. The molecular formula is C20H24N2O4. The molecule has 0 aliphatic carbocycles. The first kappa shape index (κ1) is 19.5. The highest BCUT2D eigenvalue weighted by Crippen LogP contribution is 2.14. The van der Waals surface area contributed by atoms with Crippen LogP contribution in [-0.2, 0) is 16.0 Å². The Morgan fingerprint density at radius 2 is 1.85 bits per heavy atom. The molecule has 0 atom stereocenters. The second-order valence-corrected chi connectivity index (χ2v) is 5.66. The molecule has 138 valence electrons. The van der Waals surface area contributed by atoms with Gasteiger partial charge in [0.1, 0.15) is 5.75 Å². The van der Waals surface area contributed by atoms with Gasteiger partial charge in [0.05, 0.1) is 6.61 Å². The lowest BCUT2D eigenvalue weighted by atomic mass is 10.2. The van der Waals surface area contributed by atoms with Crippen molar-refractivity contribution in [3.05, 3.63) is 59.7 Å². The van der Waals surface area contributed by atoms with E-state index in [1.807, 2.05) is 24.3 Å². The second kappa shape index (κ2) is 10.2. The molecule has 0 aliphatic heterocycles. The van der Waals surface area contributed by atoms with E-state index >= 15 is 0 Å². The first-order valence-corrected chi connectivity index (χ1v) is 8.51. The van der Waals surface area contributed by atoms with Crippen LogP contribution in [0.3, 0.4) is 0 Å². The first-order valence-electron chi connectivity index (χ1n) is 8.51. The van der Waals surface area contributed by atoms with Gasteiger partial charge in [-0.1, -0.05) is 19.1 Å². The summed E-state index contributed by atoms with van der Waals surface area (Å²) in [5.41, 5.74) is 2.28. The number of benzene rings is 2. The maximum Gasteiger partial charge on any atom is 0.262 e. The van der Waals surface area contributed by atoms with E-state index in [9.17, 15) is 9.59 Å². The van der Waals surface area contributed by atoms with Gasteiger partial charge in [-0.25, -0.2) is 0 Å². The van der Waals surface area contributed by atoms with E-state index in [0.717, 1.165) is 12.0 Å². The Morgan fingerprint density at radius 3 is 2.54 bits per heavy atom. The van der Waals surface area contributed by atoms with Crippen LogP contribution in [-0.4, -0.2) is 38.7 Å². The number of nitrogens with one attached hydrogen (secondary N) is 2. The van der Waals surface area contributed by atoms with Crippen LogP contribution in [0.25, 0.3) is 0 Å². The second-order valence-electron chi connectivity index (χ2n) is 5.66. The van der Waals surface area contributed by atoms with Crippen molar-refractivity contribution in [3.8, 4) is 5.75 Å². The largest absolute Gasteiger partial charge is 0.484 e. The molecule has 0 heterocycles. The van der Waals surface area contributed by atoms with Crippen molar-refractivity contribution in [3.63, 3.8) is 0 Å². The molecule has 2 aromatic carbocycles. The fourth-order valence-electron chi connectivity index (χ4n) is 2.27. The number of anilines is 1. The van der Waals surface area contributed by atoms with Crippen molar-refractivity contribution in [1.82, 2.24) is 5.32 Å². The zero-order valence-electron chi connectivity index (χ0n) is 15.1. The highest BCUT2D eigenvalue weighted by molar-refractivity contribution is 5.96. The fourth-order valence-corrected chi connectivity index (χ4v) is 2.27. The lowest BCUT2D eigenvalue weighted by molar-refractivity contribution is -0.118. The van der Waals surface area contributed by atoms with Crippen LogP contribution in [0.5, 0.6) is 5.75 Å². The topological polar surface area (TPSA) is 76.7 Å². The van der Waals surface area contributed by atoms with Crippen LogP contribution in [0.15, 0.2) is 48.5 Å². The summed E-state index contributed by atoms with van der Waals surface area (Å²) >= 11 is 0. The van der Waals surface area contributed by atoms with Gasteiger partial charge in [0, 0.05) is 24.9 Å². The molecule has 6 heteroatoms. The Bertz CT molecular complexity index is 729. The number of hydrogen-bond acceptors (Lipinski definition) is 4. The molecule has 2 N–H and O–H groups in total. The van der Waals surface area contributed by atoms with Gasteiger partial charge in [-0.05, 0) is 48.4 Å². The summed E-state index contributed by atoms with van der Waals surface area (Å²) in [6.07, 6.45) is 0.911. The zero-order chi connectivity index (χ0) is 18.8. The molecule has 0 unspecified atom stereocenters. The molecule has 0 fully saturated rings. The number of methoxy groups -OCH3 is 1. The van der Waals surface area contributed by atoms with Crippen molar-refractivity contribution in [2.75, 3.05) is 32.2 Å². The van der Waals surface area contributed by atoms with Gasteiger partial charge >= 0.3 is 0 Å². The molecule has 2 rings (SSSR count). The summed E-state index contributed by atoms with van der Waals surface area (Å²) in [7, 11) is 1.58. The van der Waals surface area contributed by atoms with Crippen molar-refractivity contribution >= 4 is 17.5 Å². The number of carbonyl (C=O) groups excluding carboxylic acids is 2. The third kappa shape index (κ3) is 6.22. The van der Waals surface area contributed by atoms with Crippen LogP contribution in [0.1, 0.15) is 22.8 Å². The summed E-state index contributed by atoms with van der Waals surface area (Å²) in [5.74, 6) is 0.228. The van der Waals surface area contributed by atoms with Crippen molar-refractivity contribution in [2.24, 2.45) is 0 Å². The molecule has 0 spiro atoms. The average Bonchev–Trinajstić information content (AvgIpc) is 2.67. The molecule has 26 heavy (non-hydrogen) atoms. The molecule has 0 radical (unpaired) electrons. The summed E-state index contributed by atoms with van der Waals surface area (Å²) in [6, 6.07) is 14.3. The average molecular weight is 356 g/mol. The quantitative estimate of drug-likeness (QED) is 0.677. The molecule has 2 aromatic rings. The first-order chi connectivity index (χ1) is 12.6. The smallest absolute Gasteiger partial charge is 0.262 e. The summed E-state index contributed by atoms with van der Waals surface area (Å²) < 4.78 is 10.4. The van der Waals surface area contributed by atoms with Crippen LogP contribution >= 0.6 is 0 Å². The van der Waals surface area contributed by atoms with Gasteiger partial charge in [-0.15, -0.1) is 0 Å². The molecule has 0 saturated heterocycles. The molecular weight excluding hydrogens is 332 g/mol. The van der Waals surface area contributed by atoms with Gasteiger partial charge < -0.3 is 20.1 Å². The Morgan fingerprint density at radius 1 is 1.08 bits per heavy atom. The fraction of sp³-hybridized carbons (Fsp3) is 0.300. The number of ether oxygens (including phenoxy) is 2. The normalized spacial score (nSPS) is 10.2. The Balaban J connectivity index is 1.82. The van der Waals surface area contributed by atoms with Crippen LogP contribution in [0.2, 0.25) is 0 Å². The highest BCUT2D eigenvalue weighted by atomic mass is 16.5. The molecule has 0 bridgehead atoms. The van der Waals surface area contributed by atoms with Gasteiger partial charge in [-0.2, -0.15) is 0 Å². The Kier molecular flexibility index (Phi) is 7.64. The monoisotopic (exact) mass is 356 g/mol. The van der Waals surface area contributed by atoms with E-state index in [4.69, 9.17) is 9.47 Å². The number of carbonyl (C=O) groups is 2. The van der Waals surface area contributed by atoms with Crippen LogP contribution < -0.4 is 15.4 Å². The van der Waals surface area contributed by atoms with E-state index in [-0.39, 0.29) is 18.4 Å². The predicted octanol–water partition coefficient (Wildman–Crippen LogP) is 2.64. The molecule has 2 amide bonds. The van der Waals surface area contributed by atoms with Gasteiger partial charge in [0.25, 0.3) is 11.8 Å². The number of hydrogen-bond donors (Lipinski definition) is 2. The number of amides is 2. The molecule has 6 nitrogen and oxygen atoms in total. The van der Waals surface area contributed by atoms with E-state index in [1.165, 1.54) is 0 Å². The predicted molar refractivity (Wildman–Crippen MR) is 101 cm³/mol. The van der Waals surface area contributed by atoms with Crippen molar-refractivity contribution in [2.45, 2.75) is 13.3 Å². The van der Waals surface area contributed by atoms with Gasteiger partial charge in [0.2, 0.25) is 0 Å². The SMILES string of the molecule is CCc1cccc(OCC(=O)Nc2ccc(C(=O)NCCOC)cc2)c1. The maximum absolute atomic E-state index is 12.0. The van der Waals surface area contributed by atoms with E-state index in [1.54, 1.807) is 31.4 Å². The van der Waals surface area contributed by atoms with Gasteiger partial charge in [-0.3, -0.25) is 9.59 Å². The minimum Gasteiger partial charge on any atom is -0.484 e. The van der Waals surface area contributed by atoms with E-state index in [2.05, 4.69) is 17.6 Å². The minimum absolute atomic E-state index is 0.0770. The third-order valence-corrected chi connectivity index (χ3v) is 3.70. The minimum atomic E-state index is -0.260. The Labute approximate surface area is 153 Å².